The molecule has 0 aromatic heterocycles. The van der Waals surface area contributed by atoms with Gasteiger partial charge in [-0.1, -0.05) is 24.3 Å². The minimum absolute atomic E-state index is 0.168. The van der Waals surface area contributed by atoms with Gasteiger partial charge in [0.1, 0.15) is 0 Å². The molecule has 1 atom stereocenters. The van der Waals surface area contributed by atoms with Gasteiger partial charge in [-0.2, -0.15) is 0 Å². The minimum Gasteiger partial charge on any atom is -0.356 e. The first kappa shape index (κ1) is 13.6. The lowest BCUT2D eigenvalue weighted by Crippen LogP contribution is -2.35. The van der Waals surface area contributed by atoms with Gasteiger partial charge in [0, 0.05) is 18.5 Å². The highest BCUT2D eigenvalue weighted by molar-refractivity contribution is 5.79. The van der Waals surface area contributed by atoms with Crippen molar-refractivity contribution in [2.45, 2.75) is 44.6 Å². The summed E-state index contributed by atoms with van der Waals surface area (Å²) < 4.78 is 0. The molecule has 0 heterocycles. The molecule has 1 fully saturated rings. The van der Waals surface area contributed by atoms with Crippen LogP contribution in [0.25, 0.3) is 0 Å². The average Bonchev–Trinajstić information content (AvgIpc) is 3.30. The highest BCUT2D eigenvalue weighted by Gasteiger charge is 2.24. The van der Waals surface area contributed by atoms with Crippen molar-refractivity contribution >= 4 is 5.91 Å². The monoisotopic (exact) mass is 272 g/mol. The molecular formula is C17H24N2O. The van der Waals surface area contributed by atoms with Crippen molar-refractivity contribution in [1.82, 2.24) is 10.6 Å². The minimum atomic E-state index is 0.168. The smallest absolute Gasteiger partial charge is 0.223 e. The van der Waals surface area contributed by atoms with Crippen molar-refractivity contribution in [3.8, 4) is 0 Å². The van der Waals surface area contributed by atoms with Crippen molar-refractivity contribution in [2.75, 3.05) is 13.1 Å². The second-order valence-electron chi connectivity index (χ2n) is 6.08. The molecule has 0 spiro atoms. The van der Waals surface area contributed by atoms with E-state index in [0.717, 1.165) is 44.8 Å². The number of hydrogen-bond donors (Lipinski definition) is 2. The summed E-state index contributed by atoms with van der Waals surface area (Å²) >= 11 is 0. The number of carbonyl (C=O) groups is 1. The summed E-state index contributed by atoms with van der Waals surface area (Å²) in [5.41, 5.74) is 2.78. The number of rotatable bonds is 6. The molecule has 0 bridgehead atoms. The maximum atomic E-state index is 12.2. The van der Waals surface area contributed by atoms with E-state index in [1.807, 2.05) is 0 Å². The first-order valence-corrected chi connectivity index (χ1v) is 7.91. The van der Waals surface area contributed by atoms with E-state index in [-0.39, 0.29) is 11.8 Å². The zero-order chi connectivity index (χ0) is 13.8. The highest BCUT2D eigenvalue weighted by atomic mass is 16.1. The fourth-order valence-corrected chi connectivity index (χ4v) is 2.96. The zero-order valence-electron chi connectivity index (χ0n) is 12.0. The standard InChI is InChI=1S/C17H24N2O/c20-17(19-11-3-10-18-16-8-9-16)15-7-6-13-4-1-2-5-14(13)12-15/h1-2,4-5,15-16,18H,3,6-12H2,(H,19,20). The second-order valence-corrected chi connectivity index (χ2v) is 6.08. The van der Waals surface area contributed by atoms with Gasteiger partial charge in [-0.25, -0.2) is 0 Å². The van der Waals surface area contributed by atoms with Crippen LogP contribution in [-0.2, 0) is 17.6 Å². The van der Waals surface area contributed by atoms with Crippen molar-refractivity contribution in [2.24, 2.45) is 5.92 Å². The van der Waals surface area contributed by atoms with E-state index in [1.165, 1.54) is 24.0 Å². The Labute approximate surface area is 121 Å². The third-order valence-corrected chi connectivity index (χ3v) is 4.38. The molecule has 3 heteroatoms. The molecule has 0 saturated heterocycles. The largest absolute Gasteiger partial charge is 0.356 e. The Morgan fingerprint density at radius 1 is 1.10 bits per heavy atom. The molecule has 20 heavy (non-hydrogen) atoms. The molecule has 108 valence electrons. The zero-order valence-corrected chi connectivity index (χ0v) is 12.0. The van der Waals surface area contributed by atoms with Crippen LogP contribution in [0.1, 0.15) is 36.8 Å². The molecule has 1 aromatic rings. The molecule has 1 saturated carbocycles. The van der Waals surface area contributed by atoms with Crippen molar-refractivity contribution in [3.63, 3.8) is 0 Å². The van der Waals surface area contributed by atoms with Gasteiger partial charge >= 0.3 is 0 Å². The molecule has 3 nitrogen and oxygen atoms in total. The molecule has 0 aliphatic heterocycles. The van der Waals surface area contributed by atoms with E-state index in [9.17, 15) is 4.79 Å². The number of nitrogens with one attached hydrogen (secondary N) is 2. The predicted molar refractivity (Wildman–Crippen MR) is 80.6 cm³/mol. The lowest BCUT2D eigenvalue weighted by Gasteiger charge is -2.23. The van der Waals surface area contributed by atoms with Crippen LogP contribution in [0.15, 0.2) is 24.3 Å². The summed E-state index contributed by atoms with van der Waals surface area (Å²) in [6, 6.07) is 9.27. The third kappa shape index (κ3) is 3.60. The molecule has 0 radical (unpaired) electrons. The van der Waals surface area contributed by atoms with Gasteiger partial charge in [-0.3, -0.25) is 4.79 Å². The van der Waals surface area contributed by atoms with E-state index < -0.39 is 0 Å². The Bertz CT molecular complexity index is 468. The van der Waals surface area contributed by atoms with Gasteiger partial charge in [-0.05, 0) is 56.2 Å². The fourth-order valence-electron chi connectivity index (χ4n) is 2.96. The summed E-state index contributed by atoms with van der Waals surface area (Å²) in [6.07, 6.45) is 6.62. The number of amides is 1. The average molecular weight is 272 g/mol. The van der Waals surface area contributed by atoms with Crippen LogP contribution in [0.5, 0.6) is 0 Å². The Balaban J connectivity index is 1.39. The molecule has 2 aliphatic rings. The number of fused-ring (bicyclic) bond motifs is 1. The summed E-state index contributed by atoms with van der Waals surface area (Å²) in [4.78, 5) is 12.2. The lowest BCUT2D eigenvalue weighted by atomic mass is 9.83. The second kappa shape index (κ2) is 6.40. The van der Waals surface area contributed by atoms with Crippen molar-refractivity contribution in [3.05, 3.63) is 35.4 Å². The molecule has 1 amide bonds. The highest BCUT2D eigenvalue weighted by Crippen LogP contribution is 2.25. The van der Waals surface area contributed by atoms with Gasteiger partial charge in [0.25, 0.3) is 0 Å². The van der Waals surface area contributed by atoms with E-state index in [0.29, 0.717) is 0 Å². The Kier molecular flexibility index (Phi) is 4.36. The molecule has 2 N–H and O–H groups in total. The number of aryl methyl sites for hydroxylation is 1. The van der Waals surface area contributed by atoms with E-state index in [4.69, 9.17) is 0 Å². The number of benzene rings is 1. The molecule has 1 aromatic carbocycles. The van der Waals surface area contributed by atoms with Gasteiger partial charge in [0.15, 0.2) is 0 Å². The van der Waals surface area contributed by atoms with Crippen LogP contribution in [0.2, 0.25) is 0 Å². The van der Waals surface area contributed by atoms with Crippen LogP contribution >= 0.6 is 0 Å². The van der Waals surface area contributed by atoms with E-state index in [1.54, 1.807) is 0 Å². The third-order valence-electron chi connectivity index (χ3n) is 4.38. The Morgan fingerprint density at radius 2 is 1.90 bits per heavy atom. The summed E-state index contributed by atoms with van der Waals surface area (Å²) in [5, 5.41) is 6.57. The Morgan fingerprint density at radius 3 is 2.70 bits per heavy atom. The summed E-state index contributed by atoms with van der Waals surface area (Å²) in [5.74, 6) is 0.409. The van der Waals surface area contributed by atoms with Gasteiger partial charge in [0.05, 0.1) is 0 Å². The summed E-state index contributed by atoms with van der Waals surface area (Å²) in [7, 11) is 0. The fraction of sp³-hybridized carbons (Fsp3) is 0.588. The van der Waals surface area contributed by atoms with Crippen LogP contribution in [-0.4, -0.2) is 25.0 Å². The maximum absolute atomic E-state index is 12.2. The summed E-state index contributed by atoms with van der Waals surface area (Å²) in [6.45, 7) is 1.83. The number of carbonyl (C=O) groups excluding carboxylic acids is 1. The topological polar surface area (TPSA) is 41.1 Å². The predicted octanol–water partition coefficient (Wildman–Crippen LogP) is 2.05. The van der Waals surface area contributed by atoms with E-state index >= 15 is 0 Å². The Hall–Kier alpha value is -1.35. The first-order chi connectivity index (χ1) is 9.83. The molecule has 1 unspecified atom stereocenters. The van der Waals surface area contributed by atoms with Gasteiger partial charge in [0.2, 0.25) is 5.91 Å². The number of hydrogen-bond acceptors (Lipinski definition) is 2. The van der Waals surface area contributed by atoms with Crippen molar-refractivity contribution < 1.29 is 4.79 Å². The van der Waals surface area contributed by atoms with Gasteiger partial charge < -0.3 is 10.6 Å². The van der Waals surface area contributed by atoms with Crippen LogP contribution in [0.4, 0.5) is 0 Å². The van der Waals surface area contributed by atoms with Crippen LogP contribution in [0.3, 0.4) is 0 Å². The normalized spacial score (nSPS) is 21.3. The van der Waals surface area contributed by atoms with Gasteiger partial charge in [-0.15, -0.1) is 0 Å². The maximum Gasteiger partial charge on any atom is 0.223 e. The quantitative estimate of drug-likeness (QED) is 0.778. The first-order valence-electron chi connectivity index (χ1n) is 7.91. The van der Waals surface area contributed by atoms with Crippen molar-refractivity contribution in [1.29, 1.82) is 0 Å². The molecule has 2 aliphatic carbocycles. The molecular weight excluding hydrogens is 248 g/mol. The SMILES string of the molecule is O=C(NCCCNC1CC1)C1CCc2ccccc2C1. The van der Waals surface area contributed by atoms with E-state index in [2.05, 4.69) is 34.9 Å². The lowest BCUT2D eigenvalue weighted by molar-refractivity contribution is -0.125. The molecule has 3 rings (SSSR count). The van der Waals surface area contributed by atoms with Crippen LogP contribution in [0, 0.1) is 5.92 Å². The van der Waals surface area contributed by atoms with Crippen LogP contribution < -0.4 is 10.6 Å².